The van der Waals surface area contributed by atoms with E-state index in [1.807, 2.05) is 0 Å². The maximum Gasteiger partial charge on any atom is 0.273 e. The van der Waals surface area contributed by atoms with Gasteiger partial charge in [0, 0.05) is 17.2 Å². The lowest BCUT2D eigenvalue weighted by molar-refractivity contribution is -0.385. The Morgan fingerprint density at radius 2 is 2.00 bits per heavy atom. The summed E-state index contributed by atoms with van der Waals surface area (Å²) >= 11 is 0. The number of hydrogen-bond acceptors (Lipinski definition) is 7. The molecule has 30 heavy (non-hydrogen) atoms. The van der Waals surface area contributed by atoms with E-state index in [-0.39, 0.29) is 24.8 Å². The molecule has 0 radical (unpaired) electrons. The van der Waals surface area contributed by atoms with Gasteiger partial charge in [-0.1, -0.05) is 18.2 Å². The number of hydrazone groups is 1. The monoisotopic (exact) mass is 407 g/mol. The lowest BCUT2D eigenvalue weighted by Crippen LogP contribution is -2.19. The van der Waals surface area contributed by atoms with Crippen molar-refractivity contribution >= 4 is 17.8 Å². The molecule has 2 heterocycles. The van der Waals surface area contributed by atoms with E-state index in [2.05, 4.69) is 10.5 Å². The smallest absolute Gasteiger partial charge is 0.273 e. The Kier molecular flexibility index (Phi) is 5.17. The maximum absolute atomic E-state index is 12.1. The van der Waals surface area contributed by atoms with Gasteiger partial charge in [-0.2, -0.15) is 5.10 Å². The lowest BCUT2D eigenvalue weighted by atomic mass is 10.1. The molecule has 0 aliphatic carbocycles. The van der Waals surface area contributed by atoms with E-state index in [0.29, 0.717) is 34.1 Å². The molecular formula is C21H17N3O6. The number of aryl methyl sites for hydroxylation is 1. The second-order valence-electron chi connectivity index (χ2n) is 6.62. The number of ether oxygens (including phenoxy) is 2. The minimum atomic E-state index is -0.431. The summed E-state index contributed by atoms with van der Waals surface area (Å²) in [6.07, 6.45) is 1.49. The van der Waals surface area contributed by atoms with Gasteiger partial charge in [0.25, 0.3) is 5.69 Å². The SMILES string of the molecule is Cc1ccc(-c2ccc(/C=N\NC(=O)Cc3ccc4c(c3)OCO4)o2)cc1[N+](=O)[O-]. The Labute approximate surface area is 171 Å². The predicted molar refractivity (Wildman–Crippen MR) is 108 cm³/mol. The first-order chi connectivity index (χ1) is 14.5. The summed E-state index contributed by atoms with van der Waals surface area (Å²) in [5.41, 5.74) is 4.39. The van der Waals surface area contributed by atoms with Gasteiger partial charge in [0.15, 0.2) is 11.5 Å². The van der Waals surface area contributed by atoms with Crippen LogP contribution in [-0.2, 0) is 11.2 Å². The summed E-state index contributed by atoms with van der Waals surface area (Å²) in [5, 5.41) is 15.0. The van der Waals surface area contributed by atoms with Crippen LogP contribution >= 0.6 is 0 Å². The highest BCUT2D eigenvalue weighted by atomic mass is 16.7. The standard InChI is InChI=1S/C21H17N3O6/c1-13-2-4-15(10-17(13)24(26)27)18-7-5-16(30-18)11-22-23-21(25)9-14-3-6-19-20(8-14)29-12-28-19/h2-8,10-11H,9,12H2,1H3,(H,23,25)/b22-11-. The van der Waals surface area contributed by atoms with Crippen molar-refractivity contribution in [2.24, 2.45) is 5.10 Å². The molecule has 1 amide bonds. The molecule has 0 fully saturated rings. The number of hydrogen-bond donors (Lipinski definition) is 1. The predicted octanol–water partition coefficient (Wildman–Crippen LogP) is 3.58. The number of carbonyl (C=O) groups is 1. The second kappa shape index (κ2) is 8.08. The number of carbonyl (C=O) groups excluding carboxylic acids is 1. The van der Waals surface area contributed by atoms with Crippen molar-refractivity contribution in [3.05, 3.63) is 75.5 Å². The fourth-order valence-corrected chi connectivity index (χ4v) is 2.98. The number of nitrogens with zero attached hydrogens (tertiary/aromatic N) is 2. The number of nitro benzene ring substituents is 1. The fourth-order valence-electron chi connectivity index (χ4n) is 2.98. The molecular weight excluding hydrogens is 390 g/mol. The van der Waals surface area contributed by atoms with E-state index in [9.17, 15) is 14.9 Å². The average Bonchev–Trinajstić information content (AvgIpc) is 3.37. The van der Waals surface area contributed by atoms with Crippen LogP contribution in [-0.4, -0.2) is 23.8 Å². The van der Waals surface area contributed by atoms with Gasteiger partial charge in [0.1, 0.15) is 11.5 Å². The highest BCUT2D eigenvalue weighted by Crippen LogP contribution is 2.32. The van der Waals surface area contributed by atoms with Crippen LogP contribution in [0.2, 0.25) is 0 Å². The van der Waals surface area contributed by atoms with Crippen molar-refractivity contribution in [2.45, 2.75) is 13.3 Å². The summed E-state index contributed by atoms with van der Waals surface area (Å²) < 4.78 is 16.2. The van der Waals surface area contributed by atoms with Crippen molar-refractivity contribution in [1.82, 2.24) is 5.43 Å². The van der Waals surface area contributed by atoms with Crippen molar-refractivity contribution in [1.29, 1.82) is 0 Å². The van der Waals surface area contributed by atoms with Crippen LogP contribution in [0.5, 0.6) is 11.5 Å². The molecule has 2 aromatic carbocycles. The third-order valence-corrected chi connectivity index (χ3v) is 4.50. The number of benzene rings is 2. The Bertz CT molecular complexity index is 1150. The summed E-state index contributed by atoms with van der Waals surface area (Å²) in [6, 6.07) is 13.5. The highest BCUT2D eigenvalue weighted by molar-refractivity contribution is 5.82. The van der Waals surface area contributed by atoms with Gasteiger partial charge in [-0.25, -0.2) is 5.43 Å². The molecule has 4 rings (SSSR count). The van der Waals surface area contributed by atoms with E-state index in [4.69, 9.17) is 13.9 Å². The number of amides is 1. The van der Waals surface area contributed by atoms with Gasteiger partial charge < -0.3 is 13.9 Å². The molecule has 9 heteroatoms. The first kappa shape index (κ1) is 19.2. The zero-order valence-corrected chi connectivity index (χ0v) is 16.0. The largest absolute Gasteiger partial charge is 0.455 e. The van der Waals surface area contributed by atoms with E-state index >= 15 is 0 Å². The zero-order valence-electron chi connectivity index (χ0n) is 16.0. The molecule has 1 N–H and O–H groups in total. The van der Waals surface area contributed by atoms with Gasteiger partial charge in [0.2, 0.25) is 12.7 Å². The van der Waals surface area contributed by atoms with Crippen molar-refractivity contribution in [3.8, 4) is 22.8 Å². The molecule has 0 atom stereocenters. The van der Waals surface area contributed by atoms with Crippen molar-refractivity contribution in [3.63, 3.8) is 0 Å². The highest BCUT2D eigenvalue weighted by Gasteiger charge is 2.15. The fraction of sp³-hybridized carbons (Fsp3) is 0.143. The molecule has 0 saturated carbocycles. The van der Waals surface area contributed by atoms with Crippen LogP contribution in [0.25, 0.3) is 11.3 Å². The van der Waals surface area contributed by atoms with Crippen molar-refractivity contribution in [2.75, 3.05) is 6.79 Å². The van der Waals surface area contributed by atoms with Gasteiger partial charge in [-0.05, 0) is 36.8 Å². The van der Waals surface area contributed by atoms with Crippen LogP contribution in [0.15, 0.2) is 58.0 Å². The molecule has 1 aromatic heterocycles. The number of nitro groups is 1. The minimum Gasteiger partial charge on any atom is -0.455 e. The zero-order chi connectivity index (χ0) is 21.1. The van der Waals surface area contributed by atoms with Gasteiger partial charge >= 0.3 is 0 Å². The molecule has 9 nitrogen and oxygen atoms in total. The number of rotatable bonds is 6. The van der Waals surface area contributed by atoms with E-state index in [0.717, 1.165) is 5.56 Å². The molecule has 0 bridgehead atoms. The maximum atomic E-state index is 12.1. The Morgan fingerprint density at radius 1 is 1.17 bits per heavy atom. The first-order valence-corrected chi connectivity index (χ1v) is 9.05. The molecule has 152 valence electrons. The van der Waals surface area contributed by atoms with Gasteiger partial charge in [-0.3, -0.25) is 14.9 Å². The Balaban J connectivity index is 1.37. The third kappa shape index (κ3) is 4.14. The van der Waals surface area contributed by atoms with E-state index in [1.165, 1.54) is 12.3 Å². The quantitative estimate of drug-likeness (QED) is 0.379. The normalized spacial score (nSPS) is 12.3. The number of fused-ring (bicyclic) bond motifs is 1. The molecule has 1 aliphatic rings. The Morgan fingerprint density at radius 3 is 2.83 bits per heavy atom. The first-order valence-electron chi connectivity index (χ1n) is 9.05. The minimum absolute atomic E-state index is 0.0231. The third-order valence-electron chi connectivity index (χ3n) is 4.50. The van der Waals surface area contributed by atoms with Gasteiger partial charge in [-0.15, -0.1) is 0 Å². The topological polar surface area (TPSA) is 116 Å². The van der Waals surface area contributed by atoms with E-state index in [1.54, 1.807) is 49.4 Å². The summed E-state index contributed by atoms with van der Waals surface area (Å²) in [5.74, 6) is 1.84. The molecule has 3 aromatic rings. The van der Waals surface area contributed by atoms with Crippen molar-refractivity contribution < 1.29 is 23.6 Å². The molecule has 1 aliphatic heterocycles. The molecule has 0 saturated heterocycles. The summed E-state index contributed by atoms with van der Waals surface area (Å²) in [4.78, 5) is 22.7. The van der Waals surface area contributed by atoms with E-state index < -0.39 is 4.92 Å². The lowest BCUT2D eigenvalue weighted by Gasteiger charge is -2.02. The Hall–Kier alpha value is -4.14. The van der Waals surface area contributed by atoms with Gasteiger partial charge in [0.05, 0.1) is 17.6 Å². The summed E-state index contributed by atoms with van der Waals surface area (Å²) in [7, 11) is 0. The molecule has 0 unspecified atom stereocenters. The molecule has 0 spiro atoms. The number of nitrogens with one attached hydrogen (secondary N) is 1. The van der Waals surface area contributed by atoms with Crippen LogP contribution in [0.3, 0.4) is 0 Å². The average molecular weight is 407 g/mol. The van der Waals surface area contributed by atoms with Crippen LogP contribution in [0.1, 0.15) is 16.9 Å². The summed E-state index contributed by atoms with van der Waals surface area (Å²) in [6.45, 7) is 1.85. The van der Waals surface area contributed by atoms with Crippen LogP contribution < -0.4 is 14.9 Å². The van der Waals surface area contributed by atoms with Crippen LogP contribution in [0, 0.1) is 17.0 Å². The number of furan rings is 1. The van der Waals surface area contributed by atoms with Crippen LogP contribution in [0.4, 0.5) is 5.69 Å². The second-order valence-corrected chi connectivity index (χ2v) is 6.62.